The number of para-hydroxylation sites is 2. The summed E-state index contributed by atoms with van der Waals surface area (Å²) in [6.45, 7) is 8.53. The highest BCUT2D eigenvalue weighted by atomic mass is 15.1. The molecule has 1 aromatic heterocycles. The van der Waals surface area contributed by atoms with Gasteiger partial charge in [0.25, 0.3) is 0 Å². The number of nitrogens with one attached hydrogen (secondary N) is 2. The van der Waals surface area contributed by atoms with Crippen LogP contribution >= 0.6 is 0 Å². The molecule has 0 radical (unpaired) electrons. The molecule has 1 heterocycles. The molecule has 0 unspecified atom stereocenters. The summed E-state index contributed by atoms with van der Waals surface area (Å²) in [6, 6.07) is 20.3. The highest BCUT2D eigenvalue weighted by Gasteiger charge is 2.17. The predicted molar refractivity (Wildman–Crippen MR) is 105 cm³/mol. The van der Waals surface area contributed by atoms with Crippen LogP contribution in [0.5, 0.6) is 0 Å². The van der Waals surface area contributed by atoms with E-state index in [1.807, 2.05) is 49.4 Å². The van der Waals surface area contributed by atoms with Gasteiger partial charge in [0.2, 0.25) is 0 Å². The van der Waals surface area contributed by atoms with Crippen molar-refractivity contribution < 1.29 is 0 Å². The minimum absolute atomic E-state index is 0.0524. The summed E-state index contributed by atoms with van der Waals surface area (Å²) in [6.07, 6.45) is 0. The Morgan fingerprint density at radius 1 is 0.760 bits per heavy atom. The Kier molecular flexibility index (Phi) is 4.70. The number of aromatic nitrogens is 2. The molecule has 128 valence electrons. The topological polar surface area (TPSA) is 49.8 Å². The van der Waals surface area contributed by atoms with Gasteiger partial charge in [0, 0.05) is 17.4 Å². The second kappa shape index (κ2) is 6.93. The third kappa shape index (κ3) is 4.35. The van der Waals surface area contributed by atoms with E-state index in [1.54, 1.807) is 0 Å². The third-order valence-corrected chi connectivity index (χ3v) is 3.88. The van der Waals surface area contributed by atoms with Crippen LogP contribution in [-0.2, 0) is 5.41 Å². The molecule has 0 saturated heterocycles. The maximum Gasteiger partial charge on any atom is 0.136 e. The molecule has 0 fully saturated rings. The molecule has 0 aliphatic carbocycles. The van der Waals surface area contributed by atoms with Crippen molar-refractivity contribution >= 4 is 23.0 Å². The average molecular weight is 332 g/mol. The highest BCUT2D eigenvalue weighted by Crippen LogP contribution is 2.31. The zero-order valence-corrected chi connectivity index (χ0v) is 15.2. The fraction of sp³-hybridized carbons (Fsp3) is 0.238. The van der Waals surface area contributed by atoms with Gasteiger partial charge < -0.3 is 10.6 Å². The minimum atomic E-state index is 0.0524. The van der Waals surface area contributed by atoms with E-state index in [4.69, 9.17) is 0 Å². The lowest BCUT2D eigenvalue weighted by Crippen LogP contribution is -2.14. The van der Waals surface area contributed by atoms with E-state index in [0.29, 0.717) is 0 Å². The first-order valence-electron chi connectivity index (χ1n) is 8.46. The largest absolute Gasteiger partial charge is 0.340 e. The van der Waals surface area contributed by atoms with E-state index >= 15 is 0 Å². The van der Waals surface area contributed by atoms with Gasteiger partial charge in [-0.25, -0.2) is 9.97 Å². The second-order valence-electron chi connectivity index (χ2n) is 7.10. The van der Waals surface area contributed by atoms with E-state index < -0.39 is 0 Å². The molecule has 4 nitrogen and oxygen atoms in total. The van der Waals surface area contributed by atoms with E-state index in [9.17, 15) is 0 Å². The van der Waals surface area contributed by atoms with Crippen LogP contribution in [0.3, 0.4) is 0 Å². The predicted octanol–water partition coefficient (Wildman–Crippen LogP) is 5.57. The van der Waals surface area contributed by atoms with Gasteiger partial charge in [-0.1, -0.05) is 57.2 Å². The van der Waals surface area contributed by atoms with Crippen LogP contribution in [0.15, 0.2) is 60.7 Å². The van der Waals surface area contributed by atoms with Crippen LogP contribution < -0.4 is 10.6 Å². The van der Waals surface area contributed by atoms with Crippen LogP contribution in [0.2, 0.25) is 0 Å². The van der Waals surface area contributed by atoms with Gasteiger partial charge in [0.05, 0.1) is 0 Å². The Hall–Kier alpha value is -2.88. The summed E-state index contributed by atoms with van der Waals surface area (Å²) in [5.41, 5.74) is 3.38. The fourth-order valence-electron chi connectivity index (χ4n) is 2.75. The first kappa shape index (κ1) is 17.0. The fourth-order valence-corrected chi connectivity index (χ4v) is 2.75. The quantitative estimate of drug-likeness (QED) is 0.656. The number of benzene rings is 2. The van der Waals surface area contributed by atoms with Gasteiger partial charge in [-0.2, -0.15) is 0 Å². The number of hydrogen-bond donors (Lipinski definition) is 2. The summed E-state index contributed by atoms with van der Waals surface area (Å²) in [7, 11) is 0. The van der Waals surface area contributed by atoms with Crippen molar-refractivity contribution in [3.05, 3.63) is 72.1 Å². The molecule has 0 aliphatic rings. The van der Waals surface area contributed by atoms with Gasteiger partial charge in [-0.05, 0) is 36.1 Å². The van der Waals surface area contributed by atoms with Crippen LogP contribution in [0.4, 0.5) is 23.0 Å². The second-order valence-corrected chi connectivity index (χ2v) is 7.10. The zero-order valence-electron chi connectivity index (χ0n) is 15.2. The molecule has 0 saturated carbocycles. The van der Waals surface area contributed by atoms with Crippen LogP contribution in [0, 0.1) is 6.92 Å². The molecule has 2 aromatic carbocycles. The van der Waals surface area contributed by atoms with Gasteiger partial charge in [0.15, 0.2) is 0 Å². The van der Waals surface area contributed by atoms with Gasteiger partial charge in [0.1, 0.15) is 17.5 Å². The molecular weight excluding hydrogens is 308 g/mol. The number of rotatable bonds is 4. The van der Waals surface area contributed by atoms with Crippen molar-refractivity contribution in [1.29, 1.82) is 0 Å². The first-order valence-corrected chi connectivity index (χ1v) is 8.46. The Morgan fingerprint density at radius 2 is 1.36 bits per heavy atom. The molecule has 2 N–H and O–H groups in total. The Labute approximate surface area is 149 Å². The highest BCUT2D eigenvalue weighted by molar-refractivity contribution is 5.66. The molecule has 4 heteroatoms. The maximum atomic E-state index is 4.53. The molecular formula is C21H24N4. The Balaban J connectivity index is 1.89. The van der Waals surface area contributed by atoms with Crippen molar-refractivity contribution in [2.24, 2.45) is 0 Å². The number of aryl methyl sites for hydroxylation is 1. The molecule has 25 heavy (non-hydrogen) atoms. The third-order valence-electron chi connectivity index (χ3n) is 3.88. The number of hydrogen-bond acceptors (Lipinski definition) is 4. The Morgan fingerprint density at radius 3 is 2.04 bits per heavy atom. The molecule has 3 rings (SSSR count). The normalized spacial score (nSPS) is 11.2. The molecule has 0 aliphatic heterocycles. The SMILES string of the molecule is Cc1nc(Nc2ccccc2)cc(Nc2ccccc2C(C)(C)C)n1. The minimum Gasteiger partial charge on any atom is -0.340 e. The standard InChI is InChI=1S/C21H24N4/c1-15-22-19(24-16-10-6-5-7-11-16)14-20(23-15)25-18-13-9-8-12-17(18)21(2,3)4/h5-14H,1-4H3,(H2,22,23,24,25). The van der Waals surface area contributed by atoms with E-state index in [1.165, 1.54) is 5.56 Å². The lowest BCUT2D eigenvalue weighted by molar-refractivity contribution is 0.592. The monoisotopic (exact) mass is 332 g/mol. The van der Waals surface area contributed by atoms with Crippen molar-refractivity contribution in [3.8, 4) is 0 Å². The summed E-state index contributed by atoms with van der Waals surface area (Å²) in [4.78, 5) is 9.01. The molecule has 3 aromatic rings. The Bertz CT molecular complexity index is 851. The van der Waals surface area contributed by atoms with Gasteiger partial charge in [-0.15, -0.1) is 0 Å². The first-order chi connectivity index (χ1) is 11.9. The van der Waals surface area contributed by atoms with Crippen LogP contribution in [-0.4, -0.2) is 9.97 Å². The van der Waals surface area contributed by atoms with Crippen LogP contribution in [0.1, 0.15) is 32.2 Å². The molecule has 0 amide bonds. The molecule has 0 atom stereocenters. The number of nitrogens with zero attached hydrogens (tertiary/aromatic N) is 2. The van der Waals surface area contributed by atoms with Crippen molar-refractivity contribution in [2.45, 2.75) is 33.1 Å². The van der Waals surface area contributed by atoms with E-state index in [0.717, 1.165) is 28.8 Å². The lowest BCUT2D eigenvalue weighted by Gasteiger charge is -2.23. The average Bonchev–Trinajstić information content (AvgIpc) is 2.55. The summed E-state index contributed by atoms with van der Waals surface area (Å²) >= 11 is 0. The van der Waals surface area contributed by atoms with E-state index in [2.05, 4.69) is 59.6 Å². The van der Waals surface area contributed by atoms with Gasteiger partial charge >= 0.3 is 0 Å². The van der Waals surface area contributed by atoms with Crippen LogP contribution in [0.25, 0.3) is 0 Å². The molecule has 0 bridgehead atoms. The maximum absolute atomic E-state index is 4.53. The lowest BCUT2D eigenvalue weighted by atomic mass is 9.86. The van der Waals surface area contributed by atoms with Crippen molar-refractivity contribution in [3.63, 3.8) is 0 Å². The number of anilines is 4. The van der Waals surface area contributed by atoms with Crippen molar-refractivity contribution in [2.75, 3.05) is 10.6 Å². The van der Waals surface area contributed by atoms with Crippen molar-refractivity contribution in [1.82, 2.24) is 9.97 Å². The summed E-state index contributed by atoms with van der Waals surface area (Å²) in [5, 5.41) is 6.78. The molecule has 0 spiro atoms. The summed E-state index contributed by atoms with van der Waals surface area (Å²) < 4.78 is 0. The smallest absolute Gasteiger partial charge is 0.136 e. The summed E-state index contributed by atoms with van der Waals surface area (Å²) in [5.74, 6) is 2.27. The van der Waals surface area contributed by atoms with E-state index in [-0.39, 0.29) is 5.41 Å². The zero-order chi connectivity index (χ0) is 17.9. The van der Waals surface area contributed by atoms with Gasteiger partial charge in [-0.3, -0.25) is 0 Å².